The first-order chi connectivity index (χ1) is 9.51. The minimum atomic E-state index is -0.419. The second-order valence-corrected chi connectivity index (χ2v) is 5.31. The third-order valence-electron chi connectivity index (χ3n) is 3.49. The van der Waals surface area contributed by atoms with E-state index in [9.17, 15) is 14.9 Å². The van der Waals surface area contributed by atoms with Crippen molar-refractivity contribution >= 4 is 17.7 Å². The molecular formula is C14H19N3O3. The van der Waals surface area contributed by atoms with Crippen LogP contribution in [-0.2, 0) is 11.2 Å². The molecule has 20 heavy (non-hydrogen) atoms. The van der Waals surface area contributed by atoms with Gasteiger partial charge in [0.15, 0.2) is 0 Å². The average Bonchev–Trinajstić information content (AvgIpc) is 2.38. The number of aldehydes is 1. The molecule has 0 radical (unpaired) electrons. The van der Waals surface area contributed by atoms with Crippen LogP contribution < -0.4 is 10.2 Å². The second-order valence-electron chi connectivity index (χ2n) is 5.31. The molecule has 0 bridgehead atoms. The van der Waals surface area contributed by atoms with Crippen LogP contribution in [-0.4, -0.2) is 36.4 Å². The van der Waals surface area contributed by atoms with Gasteiger partial charge in [0.2, 0.25) is 0 Å². The topological polar surface area (TPSA) is 75.5 Å². The molecule has 1 aliphatic rings. The Morgan fingerprint density at radius 2 is 2.05 bits per heavy atom. The summed E-state index contributed by atoms with van der Waals surface area (Å²) in [6.07, 6.45) is 0.766. The van der Waals surface area contributed by atoms with E-state index in [2.05, 4.69) is 24.1 Å². The van der Waals surface area contributed by atoms with Crippen LogP contribution >= 0.6 is 0 Å². The Kier molecular flexibility index (Phi) is 4.34. The van der Waals surface area contributed by atoms with Crippen molar-refractivity contribution in [1.82, 2.24) is 5.32 Å². The Bertz CT molecular complexity index is 508. The van der Waals surface area contributed by atoms with Crippen LogP contribution in [0.25, 0.3) is 0 Å². The summed E-state index contributed by atoms with van der Waals surface area (Å²) in [6.45, 7) is 5.82. The summed E-state index contributed by atoms with van der Waals surface area (Å²) in [4.78, 5) is 23.4. The highest BCUT2D eigenvalue weighted by Crippen LogP contribution is 2.27. The van der Waals surface area contributed by atoms with Gasteiger partial charge in [-0.25, -0.2) is 0 Å². The first kappa shape index (κ1) is 14.5. The lowest BCUT2D eigenvalue weighted by Crippen LogP contribution is -2.54. The average molecular weight is 277 g/mol. The minimum Gasteiger partial charge on any atom is -0.368 e. The lowest BCUT2D eigenvalue weighted by molar-refractivity contribution is -0.385. The van der Waals surface area contributed by atoms with Gasteiger partial charge in [-0.3, -0.25) is 10.1 Å². The van der Waals surface area contributed by atoms with E-state index in [1.807, 2.05) is 6.07 Å². The Labute approximate surface area is 117 Å². The van der Waals surface area contributed by atoms with Gasteiger partial charge < -0.3 is 15.0 Å². The van der Waals surface area contributed by atoms with Crippen molar-refractivity contribution in [3.63, 3.8) is 0 Å². The van der Waals surface area contributed by atoms with E-state index in [-0.39, 0.29) is 12.1 Å². The summed E-state index contributed by atoms with van der Waals surface area (Å²) in [5, 5.41) is 14.5. The third kappa shape index (κ3) is 3.14. The number of rotatable bonds is 4. The zero-order valence-corrected chi connectivity index (χ0v) is 11.7. The van der Waals surface area contributed by atoms with E-state index in [1.165, 1.54) is 0 Å². The predicted molar refractivity (Wildman–Crippen MR) is 77.1 cm³/mol. The summed E-state index contributed by atoms with van der Waals surface area (Å²) < 4.78 is 0. The molecule has 1 N–H and O–H groups in total. The number of nitro benzene ring substituents is 1. The van der Waals surface area contributed by atoms with Crippen LogP contribution in [0.3, 0.4) is 0 Å². The number of carbonyl (C=O) groups excluding carboxylic acids is 1. The van der Waals surface area contributed by atoms with Crippen LogP contribution in [0, 0.1) is 10.1 Å². The van der Waals surface area contributed by atoms with Gasteiger partial charge in [-0.1, -0.05) is 0 Å². The Hall–Kier alpha value is -1.95. The molecule has 0 aromatic heterocycles. The zero-order chi connectivity index (χ0) is 14.7. The molecule has 2 rings (SSSR count). The van der Waals surface area contributed by atoms with Crippen molar-refractivity contribution in [3.8, 4) is 0 Å². The Morgan fingerprint density at radius 3 is 2.60 bits per heavy atom. The number of hydrogen-bond acceptors (Lipinski definition) is 5. The fourth-order valence-corrected chi connectivity index (χ4v) is 2.72. The fraction of sp³-hybridized carbons (Fsp3) is 0.500. The van der Waals surface area contributed by atoms with Gasteiger partial charge >= 0.3 is 0 Å². The van der Waals surface area contributed by atoms with Crippen molar-refractivity contribution in [3.05, 3.63) is 33.9 Å². The molecule has 1 heterocycles. The molecule has 1 saturated heterocycles. The van der Waals surface area contributed by atoms with Crippen molar-refractivity contribution in [2.24, 2.45) is 0 Å². The zero-order valence-electron chi connectivity index (χ0n) is 11.7. The number of nitrogens with one attached hydrogen (secondary N) is 1. The number of carbonyl (C=O) groups is 1. The Morgan fingerprint density at radius 1 is 1.40 bits per heavy atom. The Balaban J connectivity index is 2.30. The van der Waals surface area contributed by atoms with Crippen molar-refractivity contribution in [2.75, 3.05) is 18.0 Å². The minimum absolute atomic E-state index is 0.0217. The summed E-state index contributed by atoms with van der Waals surface area (Å²) in [5.41, 5.74) is 1.32. The molecule has 0 aliphatic carbocycles. The van der Waals surface area contributed by atoms with E-state index in [0.29, 0.717) is 23.9 Å². The second kappa shape index (κ2) is 6.00. The van der Waals surface area contributed by atoms with Gasteiger partial charge in [0.25, 0.3) is 5.69 Å². The van der Waals surface area contributed by atoms with Gasteiger partial charge in [-0.2, -0.15) is 0 Å². The van der Waals surface area contributed by atoms with Gasteiger partial charge in [0, 0.05) is 48.9 Å². The highest BCUT2D eigenvalue weighted by Gasteiger charge is 2.23. The molecule has 1 aliphatic heterocycles. The molecule has 6 heteroatoms. The molecule has 0 saturated carbocycles. The SMILES string of the molecule is C[C@@H]1CN(c2ccc(CC=O)c([N+](=O)[O-])c2)C[C@H](C)N1. The third-order valence-corrected chi connectivity index (χ3v) is 3.49. The lowest BCUT2D eigenvalue weighted by Gasteiger charge is -2.37. The maximum absolute atomic E-state index is 11.1. The largest absolute Gasteiger partial charge is 0.368 e. The summed E-state index contributed by atoms with van der Waals surface area (Å²) in [6, 6.07) is 5.79. The maximum Gasteiger partial charge on any atom is 0.275 e. The predicted octanol–water partition coefficient (Wildman–Crippen LogP) is 1.52. The molecule has 1 aromatic carbocycles. The van der Waals surface area contributed by atoms with E-state index in [4.69, 9.17) is 0 Å². The smallest absolute Gasteiger partial charge is 0.275 e. The first-order valence-electron chi connectivity index (χ1n) is 6.73. The van der Waals surface area contributed by atoms with Crippen LogP contribution in [0.2, 0.25) is 0 Å². The summed E-state index contributed by atoms with van der Waals surface area (Å²) in [5.74, 6) is 0. The van der Waals surface area contributed by atoms with Crippen molar-refractivity contribution in [1.29, 1.82) is 0 Å². The molecule has 0 spiro atoms. The van der Waals surface area contributed by atoms with E-state index in [0.717, 1.165) is 18.8 Å². The van der Waals surface area contributed by atoms with Crippen LogP contribution in [0.5, 0.6) is 0 Å². The number of nitro groups is 1. The molecule has 0 amide bonds. The molecule has 1 fully saturated rings. The van der Waals surface area contributed by atoms with Crippen LogP contribution in [0.1, 0.15) is 19.4 Å². The standard InChI is InChI=1S/C14H19N3O3/c1-10-8-16(9-11(2)15-10)13-4-3-12(5-6-18)14(7-13)17(19)20/h3-4,6-7,10-11,15H,5,8-9H2,1-2H3/t10-,11+. The first-order valence-corrected chi connectivity index (χ1v) is 6.73. The van der Waals surface area contributed by atoms with Crippen LogP contribution in [0.4, 0.5) is 11.4 Å². The van der Waals surface area contributed by atoms with Crippen LogP contribution in [0.15, 0.2) is 18.2 Å². The number of piperazine rings is 1. The van der Waals surface area contributed by atoms with Crippen molar-refractivity contribution in [2.45, 2.75) is 32.4 Å². The monoisotopic (exact) mass is 277 g/mol. The van der Waals surface area contributed by atoms with E-state index >= 15 is 0 Å². The molecule has 108 valence electrons. The van der Waals surface area contributed by atoms with Gasteiger partial charge in [-0.15, -0.1) is 0 Å². The van der Waals surface area contributed by atoms with E-state index in [1.54, 1.807) is 12.1 Å². The summed E-state index contributed by atoms with van der Waals surface area (Å²) in [7, 11) is 0. The van der Waals surface area contributed by atoms with Gasteiger partial charge in [0.1, 0.15) is 6.29 Å². The molecular weight excluding hydrogens is 258 g/mol. The molecule has 1 aromatic rings. The molecule has 0 unspecified atom stereocenters. The fourth-order valence-electron chi connectivity index (χ4n) is 2.72. The molecule has 2 atom stereocenters. The van der Waals surface area contributed by atoms with Gasteiger partial charge in [0.05, 0.1) is 4.92 Å². The highest BCUT2D eigenvalue weighted by molar-refractivity contribution is 5.63. The number of anilines is 1. The lowest BCUT2D eigenvalue weighted by atomic mass is 10.1. The number of nitrogens with zero attached hydrogens (tertiary/aromatic N) is 2. The summed E-state index contributed by atoms with van der Waals surface area (Å²) >= 11 is 0. The maximum atomic E-state index is 11.1. The normalized spacial score (nSPS) is 22.6. The van der Waals surface area contributed by atoms with E-state index < -0.39 is 4.92 Å². The number of hydrogen-bond donors (Lipinski definition) is 1. The quantitative estimate of drug-likeness (QED) is 0.513. The van der Waals surface area contributed by atoms with Crippen molar-refractivity contribution < 1.29 is 9.72 Å². The molecule has 6 nitrogen and oxygen atoms in total. The van der Waals surface area contributed by atoms with Gasteiger partial charge in [-0.05, 0) is 26.0 Å². The number of benzene rings is 1. The highest BCUT2D eigenvalue weighted by atomic mass is 16.6.